The highest BCUT2D eigenvalue weighted by Gasteiger charge is 2.25. The van der Waals surface area contributed by atoms with Gasteiger partial charge in [0.25, 0.3) is 0 Å². The van der Waals surface area contributed by atoms with Crippen LogP contribution in [-0.2, 0) is 19.3 Å². The maximum atomic E-state index is 4.87. The smallest absolute Gasteiger partial charge is 0.141 e. The summed E-state index contributed by atoms with van der Waals surface area (Å²) < 4.78 is 0. The molecule has 100 valence electrons. The first kappa shape index (κ1) is 11.6. The molecule has 1 saturated heterocycles. The van der Waals surface area contributed by atoms with Crippen LogP contribution in [0.1, 0.15) is 42.5 Å². The van der Waals surface area contributed by atoms with Gasteiger partial charge >= 0.3 is 0 Å². The van der Waals surface area contributed by atoms with E-state index in [1.165, 1.54) is 61.2 Å². The Morgan fingerprint density at radius 2 is 1.95 bits per heavy atom. The van der Waals surface area contributed by atoms with Gasteiger partial charge in [0.15, 0.2) is 0 Å². The minimum absolute atomic E-state index is 0.930. The molecular formula is C15H19N3S. The van der Waals surface area contributed by atoms with Crippen LogP contribution in [0.25, 0.3) is 10.2 Å². The van der Waals surface area contributed by atoms with Gasteiger partial charge in [-0.3, -0.25) is 0 Å². The standard InChI is InChI=1S/C15H19N3S/c1-2-12-16-14(18-8-3-4-9-18)13-10-6-5-7-11(10)19-15(13)17-12/h2-9H2,1H3. The van der Waals surface area contributed by atoms with Crippen molar-refractivity contribution in [2.75, 3.05) is 18.0 Å². The van der Waals surface area contributed by atoms with Crippen molar-refractivity contribution in [2.24, 2.45) is 0 Å². The Morgan fingerprint density at radius 3 is 2.74 bits per heavy atom. The molecule has 0 spiro atoms. The normalized spacial score (nSPS) is 18.5. The minimum atomic E-state index is 0.930. The maximum absolute atomic E-state index is 4.87. The van der Waals surface area contributed by atoms with Crippen molar-refractivity contribution in [2.45, 2.75) is 45.4 Å². The molecule has 0 amide bonds. The fourth-order valence-corrected chi connectivity index (χ4v) is 4.61. The predicted octanol–water partition coefficient (Wildman–Crippen LogP) is 3.34. The zero-order valence-corrected chi connectivity index (χ0v) is 12.2. The fraction of sp³-hybridized carbons (Fsp3) is 0.600. The Labute approximate surface area is 117 Å². The van der Waals surface area contributed by atoms with E-state index in [0.717, 1.165) is 12.2 Å². The first-order valence-electron chi connectivity index (χ1n) is 7.43. The first-order valence-corrected chi connectivity index (χ1v) is 8.24. The average Bonchev–Trinajstić information content (AvgIpc) is 3.13. The molecule has 4 rings (SSSR count). The SMILES string of the molecule is CCc1nc(N2CCCC2)c2c3c(sc2n1)CCC3. The zero-order valence-electron chi connectivity index (χ0n) is 11.4. The summed E-state index contributed by atoms with van der Waals surface area (Å²) in [6.07, 6.45) is 7.33. The van der Waals surface area contributed by atoms with E-state index in [2.05, 4.69) is 11.8 Å². The quantitative estimate of drug-likeness (QED) is 0.840. The number of hydrogen-bond acceptors (Lipinski definition) is 4. The number of aryl methyl sites for hydroxylation is 3. The van der Waals surface area contributed by atoms with Crippen LogP contribution in [0.2, 0.25) is 0 Å². The van der Waals surface area contributed by atoms with Crippen LogP contribution in [0.15, 0.2) is 0 Å². The van der Waals surface area contributed by atoms with Gasteiger partial charge in [0, 0.05) is 24.4 Å². The molecule has 0 atom stereocenters. The van der Waals surface area contributed by atoms with Crippen LogP contribution >= 0.6 is 11.3 Å². The van der Waals surface area contributed by atoms with E-state index in [4.69, 9.17) is 9.97 Å². The summed E-state index contributed by atoms with van der Waals surface area (Å²) in [6, 6.07) is 0. The number of anilines is 1. The van der Waals surface area contributed by atoms with E-state index < -0.39 is 0 Å². The van der Waals surface area contributed by atoms with Crippen LogP contribution in [0.4, 0.5) is 5.82 Å². The van der Waals surface area contributed by atoms with Gasteiger partial charge < -0.3 is 4.90 Å². The molecule has 0 unspecified atom stereocenters. The predicted molar refractivity (Wildman–Crippen MR) is 80.3 cm³/mol. The maximum Gasteiger partial charge on any atom is 0.141 e. The molecule has 1 fully saturated rings. The number of thiophene rings is 1. The molecule has 0 aromatic carbocycles. The number of rotatable bonds is 2. The molecule has 2 aromatic heterocycles. The Hall–Kier alpha value is -1.16. The van der Waals surface area contributed by atoms with Gasteiger partial charge in [0.05, 0.1) is 5.39 Å². The van der Waals surface area contributed by atoms with Gasteiger partial charge in [-0.15, -0.1) is 11.3 Å². The van der Waals surface area contributed by atoms with Gasteiger partial charge in [-0.2, -0.15) is 0 Å². The zero-order chi connectivity index (χ0) is 12.8. The Balaban J connectivity index is 1.96. The van der Waals surface area contributed by atoms with E-state index in [1.807, 2.05) is 11.3 Å². The molecule has 0 radical (unpaired) electrons. The van der Waals surface area contributed by atoms with Crippen LogP contribution in [-0.4, -0.2) is 23.1 Å². The van der Waals surface area contributed by atoms with E-state index >= 15 is 0 Å². The summed E-state index contributed by atoms with van der Waals surface area (Å²) in [5.41, 5.74) is 1.56. The van der Waals surface area contributed by atoms with Crippen LogP contribution in [0.5, 0.6) is 0 Å². The van der Waals surface area contributed by atoms with E-state index in [9.17, 15) is 0 Å². The third-order valence-corrected chi connectivity index (χ3v) is 5.50. The van der Waals surface area contributed by atoms with Crippen LogP contribution in [0.3, 0.4) is 0 Å². The Morgan fingerprint density at radius 1 is 1.11 bits per heavy atom. The summed E-state index contributed by atoms with van der Waals surface area (Å²) >= 11 is 1.91. The molecule has 1 aliphatic heterocycles. The summed E-state index contributed by atoms with van der Waals surface area (Å²) in [6.45, 7) is 4.48. The Kier molecular flexibility index (Phi) is 2.72. The molecular weight excluding hydrogens is 254 g/mol. The second kappa shape index (κ2) is 4.44. The summed E-state index contributed by atoms with van der Waals surface area (Å²) in [5, 5.41) is 1.39. The molecule has 2 aliphatic rings. The molecule has 2 aromatic rings. The molecule has 0 bridgehead atoms. The molecule has 19 heavy (non-hydrogen) atoms. The highest BCUT2D eigenvalue weighted by Crippen LogP contribution is 2.41. The highest BCUT2D eigenvalue weighted by molar-refractivity contribution is 7.19. The third-order valence-electron chi connectivity index (χ3n) is 4.31. The lowest BCUT2D eigenvalue weighted by Gasteiger charge is -2.18. The van der Waals surface area contributed by atoms with Gasteiger partial charge in [0.2, 0.25) is 0 Å². The molecule has 0 saturated carbocycles. The van der Waals surface area contributed by atoms with Gasteiger partial charge in [0.1, 0.15) is 16.5 Å². The second-order valence-corrected chi connectivity index (χ2v) is 6.63. The van der Waals surface area contributed by atoms with Crippen molar-refractivity contribution in [3.8, 4) is 0 Å². The van der Waals surface area contributed by atoms with Gasteiger partial charge in [-0.05, 0) is 37.7 Å². The van der Waals surface area contributed by atoms with Crippen molar-refractivity contribution in [3.63, 3.8) is 0 Å². The molecule has 1 aliphatic carbocycles. The summed E-state index contributed by atoms with van der Waals surface area (Å²) in [5.74, 6) is 2.24. The average molecular weight is 273 g/mol. The lowest BCUT2D eigenvalue weighted by Crippen LogP contribution is -2.20. The lowest BCUT2D eigenvalue weighted by atomic mass is 10.2. The number of hydrogen-bond donors (Lipinski definition) is 0. The summed E-state index contributed by atoms with van der Waals surface area (Å²) in [7, 11) is 0. The van der Waals surface area contributed by atoms with Crippen molar-refractivity contribution < 1.29 is 0 Å². The molecule has 4 heteroatoms. The summed E-state index contributed by atoms with van der Waals surface area (Å²) in [4.78, 5) is 14.9. The monoisotopic (exact) mass is 273 g/mol. The number of fused-ring (bicyclic) bond motifs is 3. The largest absolute Gasteiger partial charge is 0.356 e. The van der Waals surface area contributed by atoms with Gasteiger partial charge in [-0.1, -0.05) is 6.92 Å². The first-order chi connectivity index (χ1) is 9.36. The van der Waals surface area contributed by atoms with Crippen LogP contribution in [0, 0.1) is 0 Å². The van der Waals surface area contributed by atoms with Crippen molar-refractivity contribution in [3.05, 3.63) is 16.3 Å². The highest BCUT2D eigenvalue weighted by atomic mass is 32.1. The molecule has 0 N–H and O–H groups in total. The van der Waals surface area contributed by atoms with Crippen LogP contribution < -0.4 is 4.90 Å². The van der Waals surface area contributed by atoms with Crippen molar-refractivity contribution in [1.29, 1.82) is 0 Å². The lowest BCUT2D eigenvalue weighted by molar-refractivity contribution is 0.891. The van der Waals surface area contributed by atoms with Gasteiger partial charge in [-0.25, -0.2) is 9.97 Å². The minimum Gasteiger partial charge on any atom is -0.356 e. The molecule has 3 nitrogen and oxygen atoms in total. The van der Waals surface area contributed by atoms with E-state index in [1.54, 1.807) is 10.4 Å². The molecule has 3 heterocycles. The van der Waals surface area contributed by atoms with Crippen molar-refractivity contribution in [1.82, 2.24) is 9.97 Å². The van der Waals surface area contributed by atoms with E-state index in [0.29, 0.717) is 0 Å². The third kappa shape index (κ3) is 1.76. The van der Waals surface area contributed by atoms with E-state index in [-0.39, 0.29) is 0 Å². The number of nitrogens with zero attached hydrogens (tertiary/aromatic N) is 3. The van der Waals surface area contributed by atoms with Crippen molar-refractivity contribution >= 4 is 27.4 Å². The fourth-order valence-electron chi connectivity index (χ4n) is 3.34. The second-order valence-electron chi connectivity index (χ2n) is 5.55. The Bertz CT molecular complexity index is 626. The topological polar surface area (TPSA) is 29.0 Å². The number of aromatic nitrogens is 2.